The highest BCUT2D eigenvalue weighted by atomic mass is 35.5. The van der Waals surface area contributed by atoms with Gasteiger partial charge in [-0.05, 0) is 30.2 Å². The lowest BCUT2D eigenvalue weighted by molar-refractivity contribution is 1.10. The van der Waals surface area contributed by atoms with Crippen molar-refractivity contribution < 1.29 is 0 Å². The standard InChI is InChI=1S/C9H6Cl2N2S/c1-5-2-3-6(4-7(5)10)8-12-13-9(11)14-8/h2-4H,1H3. The smallest absolute Gasteiger partial charge is 0.137 e. The van der Waals surface area contributed by atoms with Gasteiger partial charge in [0.15, 0.2) is 0 Å². The fourth-order valence-electron chi connectivity index (χ4n) is 1.05. The van der Waals surface area contributed by atoms with Gasteiger partial charge in [0.25, 0.3) is 0 Å². The van der Waals surface area contributed by atoms with E-state index in [1.165, 1.54) is 11.3 Å². The van der Waals surface area contributed by atoms with Crippen LogP contribution in [0.3, 0.4) is 0 Å². The summed E-state index contributed by atoms with van der Waals surface area (Å²) in [6.07, 6.45) is 0. The summed E-state index contributed by atoms with van der Waals surface area (Å²) in [5, 5.41) is 9.19. The Morgan fingerprint density at radius 3 is 2.57 bits per heavy atom. The van der Waals surface area contributed by atoms with Crippen LogP contribution in [0.25, 0.3) is 10.6 Å². The van der Waals surface area contributed by atoms with E-state index in [-0.39, 0.29) is 0 Å². The van der Waals surface area contributed by atoms with Gasteiger partial charge < -0.3 is 0 Å². The molecular weight excluding hydrogens is 239 g/mol. The van der Waals surface area contributed by atoms with Gasteiger partial charge in [-0.15, -0.1) is 10.2 Å². The van der Waals surface area contributed by atoms with Crippen LogP contribution < -0.4 is 0 Å². The largest absolute Gasteiger partial charge is 0.207 e. The van der Waals surface area contributed by atoms with E-state index in [1.807, 2.05) is 25.1 Å². The summed E-state index contributed by atoms with van der Waals surface area (Å²) >= 11 is 13.0. The van der Waals surface area contributed by atoms with Gasteiger partial charge in [-0.25, -0.2) is 0 Å². The molecule has 1 aromatic carbocycles. The molecule has 2 aromatic rings. The van der Waals surface area contributed by atoms with Crippen molar-refractivity contribution >= 4 is 34.5 Å². The summed E-state index contributed by atoms with van der Waals surface area (Å²) in [5.74, 6) is 0. The first-order valence-electron chi connectivity index (χ1n) is 3.92. The van der Waals surface area contributed by atoms with Crippen molar-refractivity contribution in [2.45, 2.75) is 6.92 Å². The van der Waals surface area contributed by atoms with Crippen molar-refractivity contribution in [2.24, 2.45) is 0 Å². The van der Waals surface area contributed by atoms with Crippen LogP contribution in [0.5, 0.6) is 0 Å². The number of aromatic nitrogens is 2. The summed E-state index contributed by atoms with van der Waals surface area (Å²) in [6.45, 7) is 1.96. The maximum atomic E-state index is 5.99. The summed E-state index contributed by atoms with van der Waals surface area (Å²) < 4.78 is 0.441. The molecule has 0 unspecified atom stereocenters. The number of benzene rings is 1. The van der Waals surface area contributed by atoms with E-state index in [0.29, 0.717) is 4.47 Å². The SMILES string of the molecule is Cc1ccc(-c2nnc(Cl)s2)cc1Cl. The number of halogens is 2. The van der Waals surface area contributed by atoms with Gasteiger partial charge >= 0.3 is 0 Å². The predicted molar refractivity (Wildman–Crippen MR) is 60.1 cm³/mol. The molecule has 2 nitrogen and oxygen atoms in total. The highest BCUT2D eigenvalue weighted by Gasteiger charge is 2.06. The maximum Gasteiger partial charge on any atom is 0.207 e. The first-order valence-corrected chi connectivity index (χ1v) is 5.49. The minimum atomic E-state index is 0.441. The van der Waals surface area contributed by atoms with Gasteiger partial charge in [-0.3, -0.25) is 0 Å². The van der Waals surface area contributed by atoms with Crippen molar-refractivity contribution in [3.8, 4) is 10.6 Å². The highest BCUT2D eigenvalue weighted by molar-refractivity contribution is 7.18. The zero-order valence-corrected chi connectivity index (χ0v) is 9.62. The van der Waals surface area contributed by atoms with Crippen LogP contribution in [0.2, 0.25) is 9.49 Å². The lowest BCUT2D eigenvalue weighted by Crippen LogP contribution is -1.79. The molecule has 0 saturated carbocycles. The molecule has 1 aromatic heterocycles. The monoisotopic (exact) mass is 244 g/mol. The third-order valence-electron chi connectivity index (χ3n) is 1.82. The number of nitrogens with zero attached hydrogens (tertiary/aromatic N) is 2. The molecule has 0 fully saturated rings. The number of rotatable bonds is 1. The normalized spacial score (nSPS) is 10.5. The first kappa shape index (κ1) is 9.90. The Morgan fingerprint density at radius 1 is 1.21 bits per heavy atom. The second-order valence-electron chi connectivity index (χ2n) is 2.82. The second-order valence-corrected chi connectivity index (χ2v) is 4.79. The van der Waals surface area contributed by atoms with Crippen LogP contribution in [0, 0.1) is 6.92 Å². The van der Waals surface area contributed by atoms with E-state index < -0.39 is 0 Å². The molecular formula is C9H6Cl2N2S. The lowest BCUT2D eigenvalue weighted by Gasteiger charge is -1.99. The summed E-state index contributed by atoms with van der Waals surface area (Å²) in [6, 6.07) is 5.78. The summed E-state index contributed by atoms with van der Waals surface area (Å²) in [4.78, 5) is 0. The van der Waals surface area contributed by atoms with Gasteiger partial charge in [0, 0.05) is 10.6 Å². The average Bonchev–Trinajstić information content (AvgIpc) is 2.57. The molecule has 2 rings (SSSR count). The van der Waals surface area contributed by atoms with Crippen molar-refractivity contribution in [3.63, 3.8) is 0 Å². The highest BCUT2D eigenvalue weighted by Crippen LogP contribution is 2.29. The van der Waals surface area contributed by atoms with E-state index in [1.54, 1.807) is 0 Å². The molecule has 1 heterocycles. The van der Waals surface area contributed by atoms with Crippen LogP contribution in [0.15, 0.2) is 18.2 Å². The molecule has 0 spiro atoms. The van der Waals surface area contributed by atoms with E-state index in [4.69, 9.17) is 23.2 Å². The van der Waals surface area contributed by atoms with Crippen LogP contribution >= 0.6 is 34.5 Å². The van der Waals surface area contributed by atoms with Gasteiger partial charge in [-0.1, -0.05) is 35.1 Å². The number of hydrogen-bond donors (Lipinski definition) is 0. The molecule has 0 aliphatic rings. The first-order chi connectivity index (χ1) is 6.66. The molecule has 0 saturated heterocycles. The molecule has 0 radical (unpaired) electrons. The minimum absolute atomic E-state index is 0.441. The second kappa shape index (κ2) is 3.85. The summed E-state index contributed by atoms with van der Waals surface area (Å²) in [7, 11) is 0. The average molecular weight is 245 g/mol. The number of aryl methyl sites for hydroxylation is 1. The van der Waals surface area contributed by atoms with E-state index in [0.717, 1.165) is 21.2 Å². The van der Waals surface area contributed by atoms with Gasteiger partial charge in [-0.2, -0.15) is 0 Å². The summed E-state index contributed by atoms with van der Waals surface area (Å²) in [5.41, 5.74) is 2.00. The molecule has 5 heteroatoms. The Labute approximate surface area is 95.5 Å². The third kappa shape index (κ3) is 1.90. The zero-order chi connectivity index (χ0) is 10.1. The Kier molecular flexibility index (Phi) is 2.72. The fourth-order valence-corrected chi connectivity index (χ4v) is 2.05. The molecule has 72 valence electrons. The molecule has 0 N–H and O–H groups in total. The molecule has 14 heavy (non-hydrogen) atoms. The molecule has 0 atom stereocenters. The molecule has 0 bridgehead atoms. The third-order valence-corrected chi connectivity index (χ3v) is 3.29. The van der Waals surface area contributed by atoms with Crippen LogP contribution in [0.1, 0.15) is 5.56 Å². The van der Waals surface area contributed by atoms with Gasteiger partial charge in [0.2, 0.25) is 4.47 Å². The Bertz CT molecular complexity index is 468. The Hall–Kier alpha value is -0.640. The Balaban J connectivity index is 2.47. The van der Waals surface area contributed by atoms with E-state index >= 15 is 0 Å². The van der Waals surface area contributed by atoms with Gasteiger partial charge in [0.1, 0.15) is 5.01 Å². The van der Waals surface area contributed by atoms with Crippen molar-refractivity contribution in [3.05, 3.63) is 33.3 Å². The van der Waals surface area contributed by atoms with Crippen molar-refractivity contribution in [2.75, 3.05) is 0 Å². The minimum Gasteiger partial charge on any atom is -0.137 e. The zero-order valence-electron chi connectivity index (χ0n) is 7.29. The van der Waals surface area contributed by atoms with Crippen LogP contribution in [-0.2, 0) is 0 Å². The predicted octanol–water partition coefficient (Wildman–Crippen LogP) is 3.82. The fraction of sp³-hybridized carbons (Fsp3) is 0.111. The molecule has 0 aliphatic heterocycles. The van der Waals surface area contributed by atoms with Gasteiger partial charge in [0.05, 0.1) is 0 Å². The topological polar surface area (TPSA) is 25.8 Å². The van der Waals surface area contributed by atoms with Crippen LogP contribution in [0.4, 0.5) is 0 Å². The lowest BCUT2D eigenvalue weighted by atomic mass is 10.2. The quantitative estimate of drug-likeness (QED) is 0.763. The Morgan fingerprint density at radius 2 is 2.00 bits per heavy atom. The molecule has 0 aliphatic carbocycles. The number of hydrogen-bond acceptors (Lipinski definition) is 3. The molecule has 0 amide bonds. The van der Waals surface area contributed by atoms with Crippen LogP contribution in [-0.4, -0.2) is 10.2 Å². The maximum absolute atomic E-state index is 5.99. The van der Waals surface area contributed by atoms with E-state index in [2.05, 4.69) is 10.2 Å². The van der Waals surface area contributed by atoms with Crippen molar-refractivity contribution in [1.29, 1.82) is 0 Å². The van der Waals surface area contributed by atoms with E-state index in [9.17, 15) is 0 Å². The van der Waals surface area contributed by atoms with Crippen molar-refractivity contribution in [1.82, 2.24) is 10.2 Å².